The first-order valence-corrected chi connectivity index (χ1v) is 6.70. The van der Waals surface area contributed by atoms with Crippen LogP contribution >= 0.6 is 22.9 Å². The summed E-state index contributed by atoms with van der Waals surface area (Å²) in [5.41, 5.74) is 0.429. The summed E-state index contributed by atoms with van der Waals surface area (Å²) < 4.78 is 1.91. The molecule has 3 heterocycles. The fourth-order valence-corrected chi connectivity index (χ4v) is 2.71. The van der Waals surface area contributed by atoms with Crippen LogP contribution < -0.4 is 0 Å². The molecule has 3 aromatic rings. The van der Waals surface area contributed by atoms with Crippen molar-refractivity contribution in [2.45, 2.75) is 0 Å². The maximum absolute atomic E-state index is 11.3. The monoisotopic (exact) mass is 306 g/mol. The third-order valence-corrected chi connectivity index (χ3v) is 3.75. The third kappa shape index (κ3) is 2.28. The Bertz CT molecular complexity index is 769. The molecular weight excluding hydrogens is 300 g/mol. The summed E-state index contributed by atoms with van der Waals surface area (Å²) in [7, 11) is 0. The van der Waals surface area contributed by atoms with E-state index in [-0.39, 0.29) is 5.56 Å². The van der Waals surface area contributed by atoms with Gasteiger partial charge in [-0.25, -0.2) is 19.4 Å². The number of hydrogen-bond donors (Lipinski definition) is 1. The van der Waals surface area contributed by atoms with Crippen LogP contribution in [0.15, 0.2) is 36.8 Å². The van der Waals surface area contributed by atoms with Crippen LogP contribution in [0.25, 0.3) is 16.5 Å². The van der Waals surface area contributed by atoms with E-state index < -0.39 is 5.97 Å². The fourth-order valence-electron chi connectivity index (χ4n) is 1.67. The molecule has 8 heteroatoms. The zero-order valence-corrected chi connectivity index (χ0v) is 11.5. The maximum Gasteiger partial charge on any atom is 0.339 e. The van der Waals surface area contributed by atoms with Crippen LogP contribution in [-0.4, -0.2) is 30.8 Å². The van der Waals surface area contributed by atoms with Crippen molar-refractivity contribution in [1.29, 1.82) is 0 Å². The Morgan fingerprint density at radius 3 is 2.65 bits per heavy atom. The van der Waals surface area contributed by atoms with E-state index in [0.717, 1.165) is 0 Å². The molecule has 0 radical (unpaired) electrons. The zero-order valence-electron chi connectivity index (χ0n) is 9.89. The van der Waals surface area contributed by atoms with Gasteiger partial charge in [0.1, 0.15) is 11.3 Å². The highest BCUT2D eigenvalue weighted by molar-refractivity contribution is 7.19. The van der Waals surface area contributed by atoms with Crippen molar-refractivity contribution < 1.29 is 9.90 Å². The molecule has 0 amide bonds. The Morgan fingerprint density at radius 1 is 1.30 bits per heavy atom. The Balaban J connectivity index is 2.15. The molecule has 20 heavy (non-hydrogen) atoms. The van der Waals surface area contributed by atoms with Gasteiger partial charge in [-0.15, -0.1) is 11.3 Å². The fraction of sp³-hybridized carbons (Fsp3) is 0. The van der Waals surface area contributed by atoms with Crippen LogP contribution in [0.3, 0.4) is 0 Å². The summed E-state index contributed by atoms with van der Waals surface area (Å²) in [4.78, 5) is 20.1. The normalized spacial score (nSPS) is 10.7. The largest absolute Gasteiger partial charge is 0.478 e. The number of nitrogens with zero attached hydrogens (tertiary/aromatic N) is 4. The molecule has 100 valence electrons. The van der Waals surface area contributed by atoms with Gasteiger partial charge in [-0.05, 0) is 18.2 Å². The molecule has 0 unspecified atom stereocenters. The summed E-state index contributed by atoms with van der Waals surface area (Å²) in [5.74, 6) is -0.754. The lowest BCUT2D eigenvalue weighted by molar-refractivity contribution is 0.0697. The molecule has 0 aliphatic carbocycles. The molecule has 0 aromatic carbocycles. The highest BCUT2D eigenvalue weighted by Crippen LogP contribution is 2.32. The number of carboxylic acid groups (broad SMARTS) is 1. The van der Waals surface area contributed by atoms with E-state index in [0.29, 0.717) is 20.9 Å². The van der Waals surface area contributed by atoms with Gasteiger partial charge in [0.2, 0.25) is 5.95 Å². The molecule has 0 saturated heterocycles. The van der Waals surface area contributed by atoms with E-state index in [9.17, 15) is 9.90 Å². The van der Waals surface area contributed by atoms with Gasteiger partial charge in [0.05, 0.1) is 9.21 Å². The molecule has 0 spiro atoms. The summed E-state index contributed by atoms with van der Waals surface area (Å²) >= 11 is 7.14. The minimum absolute atomic E-state index is 0.0796. The number of hydrogen-bond acceptors (Lipinski definition) is 5. The van der Waals surface area contributed by atoms with Crippen molar-refractivity contribution in [3.8, 4) is 16.5 Å². The first-order chi connectivity index (χ1) is 9.65. The van der Waals surface area contributed by atoms with Crippen LogP contribution in [-0.2, 0) is 0 Å². The van der Waals surface area contributed by atoms with E-state index >= 15 is 0 Å². The average Bonchev–Trinajstić information content (AvgIpc) is 3.05. The molecule has 0 atom stereocenters. The Morgan fingerprint density at radius 2 is 2.05 bits per heavy atom. The third-order valence-electron chi connectivity index (χ3n) is 2.51. The number of carbonyl (C=O) groups is 1. The molecule has 0 aliphatic heterocycles. The Hall–Kier alpha value is -2.25. The summed E-state index contributed by atoms with van der Waals surface area (Å²) in [5, 5.41) is 13.5. The standard InChI is InChI=1S/C12H7ClN4O2S/c13-9-3-2-8(20-9)10-7(11(18)19)6-17(16-10)12-14-4-1-5-15-12/h1-6H,(H,18,19). The molecular formula is C12H7ClN4O2S. The summed E-state index contributed by atoms with van der Waals surface area (Å²) in [6.07, 6.45) is 4.51. The number of halogens is 1. The van der Waals surface area contributed by atoms with Gasteiger partial charge >= 0.3 is 5.97 Å². The first kappa shape index (κ1) is 12.8. The minimum Gasteiger partial charge on any atom is -0.478 e. The molecule has 0 aliphatic rings. The van der Waals surface area contributed by atoms with E-state index in [1.807, 2.05) is 0 Å². The van der Waals surface area contributed by atoms with Crippen molar-refractivity contribution in [3.63, 3.8) is 0 Å². The molecule has 3 aromatic heterocycles. The van der Waals surface area contributed by atoms with Gasteiger partial charge < -0.3 is 5.11 Å². The second-order valence-electron chi connectivity index (χ2n) is 3.79. The average molecular weight is 307 g/mol. The second kappa shape index (κ2) is 5.03. The lowest BCUT2D eigenvalue weighted by Crippen LogP contribution is -2.00. The zero-order chi connectivity index (χ0) is 14.1. The summed E-state index contributed by atoms with van der Waals surface area (Å²) in [6, 6.07) is 5.11. The van der Waals surface area contributed by atoms with Crippen LogP contribution in [0.5, 0.6) is 0 Å². The van der Waals surface area contributed by atoms with Crippen molar-refractivity contribution in [3.05, 3.63) is 46.7 Å². The first-order valence-electron chi connectivity index (χ1n) is 5.51. The van der Waals surface area contributed by atoms with Crippen molar-refractivity contribution in [2.75, 3.05) is 0 Å². The lowest BCUT2D eigenvalue weighted by Gasteiger charge is -1.96. The van der Waals surface area contributed by atoms with Gasteiger partial charge in [0.15, 0.2) is 0 Å². The van der Waals surface area contributed by atoms with Gasteiger partial charge in [-0.3, -0.25) is 0 Å². The van der Waals surface area contributed by atoms with Crippen molar-refractivity contribution in [2.24, 2.45) is 0 Å². The Kier molecular flexibility index (Phi) is 3.21. The van der Waals surface area contributed by atoms with E-state index in [4.69, 9.17) is 11.6 Å². The molecule has 0 fully saturated rings. The number of aromatic carboxylic acids is 1. The quantitative estimate of drug-likeness (QED) is 0.804. The molecule has 0 bridgehead atoms. The summed E-state index contributed by atoms with van der Waals surface area (Å²) in [6.45, 7) is 0. The van der Waals surface area contributed by atoms with E-state index in [2.05, 4.69) is 15.1 Å². The number of thiophene rings is 1. The second-order valence-corrected chi connectivity index (χ2v) is 5.51. The smallest absolute Gasteiger partial charge is 0.339 e. The lowest BCUT2D eigenvalue weighted by atomic mass is 10.2. The predicted molar refractivity (Wildman–Crippen MR) is 74.4 cm³/mol. The van der Waals surface area contributed by atoms with E-state index in [1.54, 1.807) is 30.6 Å². The van der Waals surface area contributed by atoms with Gasteiger partial charge in [0, 0.05) is 18.6 Å². The predicted octanol–water partition coefficient (Wildman–Crippen LogP) is 2.74. The SMILES string of the molecule is O=C(O)c1cn(-c2ncccn2)nc1-c1ccc(Cl)s1. The topological polar surface area (TPSA) is 80.9 Å². The number of aromatic nitrogens is 4. The van der Waals surface area contributed by atoms with Crippen LogP contribution in [0.1, 0.15) is 10.4 Å². The molecule has 1 N–H and O–H groups in total. The number of carboxylic acids is 1. The molecule has 6 nitrogen and oxygen atoms in total. The highest BCUT2D eigenvalue weighted by atomic mass is 35.5. The molecule has 0 saturated carbocycles. The Labute approximate surface area is 122 Å². The molecule has 3 rings (SSSR count). The van der Waals surface area contributed by atoms with Gasteiger partial charge in [-0.2, -0.15) is 5.10 Å². The van der Waals surface area contributed by atoms with E-state index in [1.165, 1.54) is 22.2 Å². The van der Waals surface area contributed by atoms with Crippen LogP contribution in [0.2, 0.25) is 4.34 Å². The minimum atomic E-state index is -1.06. The van der Waals surface area contributed by atoms with Crippen molar-refractivity contribution in [1.82, 2.24) is 19.7 Å². The van der Waals surface area contributed by atoms with Crippen LogP contribution in [0.4, 0.5) is 0 Å². The van der Waals surface area contributed by atoms with Crippen LogP contribution in [0, 0.1) is 0 Å². The van der Waals surface area contributed by atoms with Gasteiger partial charge in [-0.1, -0.05) is 11.6 Å². The van der Waals surface area contributed by atoms with Gasteiger partial charge in [0.25, 0.3) is 0 Å². The van der Waals surface area contributed by atoms with Crippen molar-refractivity contribution >= 4 is 28.9 Å². The highest BCUT2D eigenvalue weighted by Gasteiger charge is 2.19. The maximum atomic E-state index is 11.3. The number of rotatable bonds is 3.